The molecule has 0 radical (unpaired) electrons. The second-order valence-electron chi connectivity index (χ2n) is 3.07. The smallest absolute Gasteiger partial charge is 0.337 e. The monoisotopic (exact) mass is 223 g/mol. The zero-order valence-corrected chi connectivity index (χ0v) is 9.01. The molecule has 1 aromatic rings. The maximum Gasteiger partial charge on any atom is 0.337 e. The molecule has 1 aromatic carbocycles. The number of aromatic carboxylic acids is 1. The number of hydrogen-bond acceptors (Lipinski definition) is 2. The van der Waals surface area contributed by atoms with Gasteiger partial charge >= 0.3 is 5.97 Å². The fourth-order valence-electron chi connectivity index (χ4n) is 1.41. The van der Waals surface area contributed by atoms with E-state index in [9.17, 15) is 4.79 Å². The molecule has 0 amide bonds. The Labute approximate surface area is 92.9 Å². The molecule has 0 aliphatic heterocycles. The van der Waals surface area contributed by atoms with Gasteiger partial charge in [-0.15, -0.1) is 11.6 Å². The molecule has 3 nitrogen and oxygen atoms in total. The zero-order valence-electron chi connectivity index (χ0n) is 8.25. The number of carbonyl (C=O) groups is 1. The highest BCUT2D eigenvalue weighted by atomic mass is 35.5. The van der Waals surface area contributed by atoms with Crippen molar-refractivity contribution < 1.29 is 9.90 Å². The quantitative estimate of drug-likeness (QED) is 0.801. The maximum atomic E-state index is 10.9. The Hall–Kier alpha value is -1.53. The molecular weight excluding hydrogens is 214 g/mol. The highest BCUT2D eigenvalue weighted by molar-refractivity contribution is 6.17. The minimum atomic E-state index is -1.10. The molecule has 0 aliphatic carbocycles. The molecule has 1 rings (SSSR count). The summed E-state index contributed by atoms with van der Waals surface area (Å²) in [7, 11) is 0. The predicted octanol–water partition coefficient (Wildman–Crippen LogP) is 2.56. The zero-order chi connectivity index (χ0) is 11.4. The van der Waals surface area contributed by atoms with Crippen LogP contribution in [0.15, 0.2) is 12.1 Å². The van der Waals surface area contributed by atoms with Gasteiger partial charge in [0.1, 0.15) is 6.07 Å². The van der Waals surface area contributed by atoms with Crippen molar-refractivity contribution in [1.82, 2.24) is 0 Å². The fourth-order valence-corrected chi connectivity index (χ4v) is 1.66. The van der Waals surface area contributed by atoms with E-state index < -0.39 is 5.97 Å². The lowest BCUT2D eigenvalue weighted by molar-refractivity contribution is 0.0696. The van der Waals surface area contributed by atoms with Crippen LogP contribution < -0.4 is 0 Å². The molecule has 0 bridgehead atoms. The first-order valence-electron chi connectivity index (χ1n) is 4.49. The van der Waals surface area contributed by atoms with Crippen LogP contribution in [0.25, 0.3) is 0 Å². The Morgan fingerprint density at radius 3 is 2.60 bits per heavy atom. The Bertz CT molecular complexity index is 435. The Balaban J connectivity index is 3.42. The van der Waals surface area contributed by atoms with E-state index in [1.807, 2.05) is 13.0 Å². The number of carboxylic acid groups (broad SMARTS) is 1. The van der Waals surface area contributed by atoms with Gasteiger partial charge in [-0.1, -0.05) is 6.92 Å². The van der Waals surface area contributed by atoms with Crippen molar-refractivity contribution >= 4 is 17.6 Å². The molecule has 0 heterocycles. The molecule has 0 unspecified atom stereocenters. The van der Waals surface area contributed by atoms with Crippen molar-refractivity contribution in [3.63, 3.8) is 0 Å². The summed E-state index contributed by atoms with van der Waals surface area (Å²) in [5.41, 5.74) is 1.90. The third-order valence-electron chi connectivity index (χ3n) is 2.22. The first-order chi connectivity index (χ1) is 7.13. The summed E-state index contributed by atoms with van der Waals surface area (Å²) >= 11 is 5.71. The van der Waals surface area contributed by atoms with Crippen LogP contribution in [0.1, 0.15) is 34.0 Å². The van der Waals surface area contributed by atoms with Gasteiger partial charge in [0, 0.05) is 5.88 Å². The third kappa shape index (κ3) is 2.28. The second-order valence-corrected chi connectivity index (χ2v) is 3.34. The fraction of sp³-hybridized carbons (Fsp3) is 0.273. The third-order valence-corrected chi connectivity index (χ3v) is 2.50. The van der Waals surface area contributed by atoms with Gasteiger partial charge in [-0.3, -0.25) is 0 Å². The molecule has 0 spiro atoms. The molecule has 0 atom stereocenters. The van der Waals surface area contributed by atoms with E-state index in [-0.39, 0.29) is 17.0 Å². The van der Waals surface area contributed by atoms with Crippen molar-refractivity contribution in [2.24, 2.45) is 0 Å². The Morgan fingerprint density at radius 2 is 2.20 bits per heavy atom. The number of benzene rings is 1. The average molecular weight is 224 g/mol. The van der Waals surface area contributed by atoms with Gasteiger partial charge in [0.25, 0.3) is 0 Å². The van der Waals surface area contributed by atoms with Crippen molar-refractivity contribution in [3.8, 4) is 6.07 Å². The minimum Gasteiger partial charge on any atom is -0.478 e. The molecule has 4 heteroatoms. The van der Waals surface area contributed by atoms with Gasteiger partial charge in [-0.2, -0.15) is 5.26 Å². The number of carboxylic acids is 1. The summed E-state index contributed by atoms with van der Waals surface area (Å²) in [6.07, 6.45) is 0.733. The number of alkyl halides is 1. The predicted molar refractivity (Wildman–Crippen MR) is 57.1 cm³/mol. The highest BCUT2D eigenvalue weighted by Crippen LogP contribution is 2.19. The van der Waals surface area contributed by atoms with Crippen LogP contribution in [0.3, 0.4) is 0 Å². The number of nitriles is 1. The van der Waals surface area contributed by atoms with Gasteiger partial charge < -0.3 is 5.11 Å². The first-order valence-corrected chi connectivity index (χ1v) is 5.02. The van der Waals surface area contributed by atoms with Crippen molar-refractivity contribution in [1.29, 1.82) is 5.26 Å². The Kier molecular flexibility index (Phi) is 3.70. The van der Waals surface area contributed by atoms with Crippen LogP contribution >= 0.6 is 11.6 Å². The Morgan fingerprint density at radius 1 is 1.53 bits per heavy atom. The lowest BCUT2D eigenvalue weighted by Crippen LogP contribution is -2.03. The van der Waals surface area contributed by atoms with Crippen molar-refractivity contribution in [2.45, 2.75) is 19.2 Å². The first kappa shape index (κ1) is 11.5. The van der Waals surface area contributed by atoms with Crippen LogP contribution in [0.2, 0.25) is 0 Å². The van der Waals surface area contributed by atoms with Gasteiger partial charge in [-0.05, 0) is 29.7 Å². The molecule has 0 saturated carbocycles. The molecule has 0 saturated heterocycles. The van der Waals surface area contributed by atoms with Crippen LogP contribution in [0, 0.1) is 11.3 Å². The van der Waals surface area contributed by atoms with Crippen LogP contribution in [0.5, 0.6) is 0 Å². The van der Waals surface area contributed by atoms with E-state index in [1.165, 1.54) is 6.07 Å². The average Bonchev–Trinajstić information content (AvgIpc) is 2.26. The van der Waals surface area contributed by atoms with Crippen LogP contribution in [0.4, 0.5) is 0 Å². The minimum absolute atomic E-state index is 0.0188. The van der Waals surface area contributed by atoms with Crippen LogP contribution in [-0.2, 0) is 12.3 Å². The lowest BCUT2D eigenvalue weighted by atomic mass is 9.98. The van der Waals surface area contributed by atoms with E-state index in [0.717, 1.165) is 17.5 Å². The van der Waals surface area contributed by atoms with Gasteiger partial charge in [-0.25, -0.2) is 4.79 Å². The van der Waals surface area contributed by atoms with E-state index in [0.29, 0.717) is 0 Å². The molecule has 0 aromatic heterocycles. The summed E-state index contributed by atoms with van der Waals surface area (Å²) in [4.78, 5) is 10.9. The normalized spacial score (nSPS) is 9.67. The molecular formula is C11H10ClNO2. The van der Waals surface area contributed by atoms with E-state index >= 15 is 0 Å². The topological polar surface area (TPSA) is 61.1 Å². The SMILES string of the molecule is CCc1cc(C#N)c(C(=O)O)cc1CCl. The number of rotatable bonds is 3. The van der Waals surface area contributed by atoms with Crippen LogP contribution in [-0.4, -0.2) is 11.1 Å². The van der Waals surface area contributed by atoms with Gasteiger partial charge in [0.2, 0.25) is 0 Å². The molecule has 0 aliphatic rings. The molecule has 0 fully saturated rings. The van der Waals surface area contributed by atoms with Crippen molar-refractivity contribution in [2.75, 3.05) is 0 Å². The molecule has 1 N–H and O–H groups in total. The van der Waals surface area contributed by atoms with Crippen molar-refractivity contribution in [3.05, 3.63) is 34.4 Å². The van der Waals surface area contributed by atoms with Gasteiger partial charge in [0.05, 0.1) is 11.1 Å². The summed E-state index contributed by atoms with van der Waals surface area (Å²) < 4.78 is 0. The van der Waals surface area contributed by atoms with E-state index in [1.54, 1.807) is 6.07 Å². The second kappa shape index (κ2) is 4.81. The van der Waals surface area contributed by atoms with Gasteiger partial charge in [0.15, 0.2) is 0 Å². The maximum absolute atomic E-state index is 10.9. The number of nitrogens with zero attached hydrogens (tertiary/aromatic N) is 1. The molecule has 15 heavy (non-hydrogen) atoms. The van der Waals surface area contributed by atoms with E-state index in [4.69, 9.17) is 22.0 Å². The lowest BCUT2D eigenvalue weighted by Gasteiger charge is -2.07. The summed E-state index contributed by atoms with van der Waals surface area (Å²) in [5.74, 6) is -0.838. The molecule has 78 valence electrons. The number of halogens is 1. The summed E-state index contributed by atoms with van der Waals surface area (Å²) in [6.45, 7) is 1.94. The highest BCUT2D eigenvalue weighted by Gasteiger charge is 2.13. The largest absolute Gasteiger partial charge is 0.478 e. The van der Waals surface area contributed by atoms with E-state index in [2.05, 4.69) is 0 Å². The summed E-state index contributed by atoms with van der Waals surface area (Å²) in [5, 5.41) is 17.7. The standard InChI is InChI=1S/C11H10ClNO2/c1-2-7-3-9(6-13)10(11(14)15)4-8(7)5-12/h3-4H,2,5H2,1H3,(H,14,15). The number of aryl methyl sites for hydroxylation is 1. The summed E-state index contributed by atoms with van der Waals surface area (Å²) in [6, 6.07) is 4.96. The number of hydrogen-bond donors (Lipinski definition) is 1.